The molecule has 0 radical (unpaired) electrons. The predicted molar refractivity (Wildman–Crippen MR) is 101 cm³/mol. The zero-order chi connectivity index (χ0) is 16.5. The number of piperidine rings is 1. The van der Waals surface area contributed by atoms with E-state index < -0.39 is 0 Å². The normalized spacial score (nSPS) is 19.9. The zero-order valence-electron chi connectivity index (χ0n) is 13.9. The van der Waals surface area contributed by atoms with E-state index in [4.69, 9.17) is 11.6 Å². The van der Waals surface area contributed by atoms with Crippen LogP contribution < -0.4 is 5.32 Å². The number of benzene rings is 1. The maximum atomic E-state index is 12.8. The number of carbonyl (C=O) groups excluding carboxylic acids is 1. The SMILES string of the molecule is Cl.O=C(c1ccn(C2CCCNC2)n1)N1CCc2c(Cl)cccc2C1. The molecule has 25 heavy (non-hydrogen) atoms. The van der Waals surface area contributed by atoms with Gasteiger partial charge in [0.25, 0.3) is 5.91 Å². The number of halogens is 2. The molecule has 0 bridgehead atoms. The number of aromatic nitrogens is 2. The Kier molecular flexibility index (Phi) is 5.67. The van der Waals surface area contributed by atoms with E-state index in [0.717, 1.165) is 42.9 Å². The number of nitrogens with zero attached hydrogens (tertiary/aromatic N) is 3. The third kappa shape index (κ3) is 3.68. The van der Waals surface area contributed by atoms with Gasteiger partial charge in [0.15, 0.2) is 0 Å². The van der Waals surface area contributed by atoms with Gasteiger partial charge >= 0.3 is 0 Å². The summed E-state index contributed by atoms with van der Waals surface area (Å²) in [6, 6.07) is 8.09. The van der Waals surface area contributed by atoms with Crippen molar-refractivity contribution in [3.05, 3.63) is 52.3 Å². The maximum absolute atomic E-state index is 12.8. The van der Waals surface area contributed by atoms with Crippen LogP contribution in [0.1, 0.15) is 40.5 Å². The number of hydrogen-bond acceptors (Lipinski definition) is 3. The van der Waals surface area contributed by atoms with Crippen LogP contribution in [0.4, 0.5) is 0 Å². The summed E-state index contributed by atoms with van der Waals surface area (Å²) in [5.41, 5.74) is 2.84. The fourth-order valence-electron chi connectivity index (χ4n) is 3.61. The standard InChI is InChI=1S/C18H21ClN4O.ClH/c19-16-5-1-3-13-12-22(9-6-15(13)16)18(24)17-7-10-23(21-17)14-4-2-8-20-11-14;/h1,3,5,7,10,14,20H,2,4,6,8-9,11-12H2;1H. The van der Waals surface area contributed by atoms with Crippen molar-refractivity contribution in [3.8, 4) is 0 Å². The number of hydrogen-bond donors (Lipinski definition) is 1. The second kappa shape index (κ2) is 7.77. The summed E-state index contributed by atoms with van der Waals surface area (Å²) in [5, 5.41) is 8.72. The lowest BCUT2D eigenvalue weighted by molar-refractivity contribution is 0.0727. The second-order valence-electron chi connectivity index (χ2n) is 6.54. The molecule has 0 spiro atoms. The summed E-state index contributed by atoms with van der Waals surface area (Å²) in [7, 11) is 0. The molecule has 0 aliphatic carbocycles. The van der Waals surface area contributed by atoms with Gasteiger partial charge in [0.1, 0.15) is 5.69 Å². The molecule has 2 aromatic rings. The summed E-state index contributed by atoms with van der Waals surface area (Å²) >= 11 is 6.25. The summed E-state index contributed by atoms with van der Waals surface area (Å²) in [4.78, 5) is 14.7. The molecule has 1 aromatic heterocycles. The van der Waals surface area contributed by atoms with Gasteiger partial charge in [-0.05, 0) is 49.1 Å². The molecule has 1 fully saturated rings. The molecule has 0 saturated carbocycles. The summed E-state index contributed by atoms with van der Waals surface area (Å²) in [6.07, 6.45) is 4.99. The first-order chi connectivity index (χ1) is 11.7. The van der Waals surface area contributed by atoms with Gasteiger partial charge < -0.3 is 10.2 Å². The van der Waals surface area contributed by atoms with Crippen LogP contribution in [0.25, 0.3) is 0 Å². The predicted octanol–water partition coefficient (Wildman–Crippen LogP) is 3.08. The molecule has 7 heteroatoms. The van der Waals surface area contributed by atoms with Gasteiger partial charge in [0.05, 0.1) is 6.04 Å². The fraction of sp³-hybridized carbons (Fsp3) is 0.444. The van der Waals surface area contributed by atoms with Crippen LogP contribution in [0.3, 0.4) is 0 Å². The first kappa shape index (κ1) is 18.2. The van der Waals surface area contributed by atoms with Crippen molar-refractivity contribution in [3.63, 3.8) is 0 Å². The number of rotatable bonds is 2. The summed E-state index contributed by atoms with van der Waals surface area (Å²) < 4.78 is 1.94. The molecule has 1 aromatic carbocycles. The monoisotopic (exact) mass is 380 g/mol. The number of fused-ring (bicyclic) bond motifs is 1. The van der Waals surface area contributed by atoms with E-state index in [9.17, 15) is 4.79 Å². The first-order valence-corrected chi connectivity index (χ1v) is 8.91. The largest absolute Gasteiger partial charge is 0.333 e. The Bertz CT molecular complexity index is 755. The minimum absolute atomic E-state index is 0. The molecule has 5 nitrogen and oxygen atoms in total. The highest BCUT2D eigenvalue weighted by atomic mass is 35.5. The van der Waals surface area contributed by atoms with Crippen LogP contribution in [-0.4, -0.2) is 40.2 Å². The van der Waals surface area contributed by atoms with E-state index in [1.165, 1.54) is 5.56 Å². The van der Waals surface area contributed by atoms with Crippen molar-refractivity contribution in [1.82, 2.24) is 20.0 Å². The topological polar surface area (TPSA) is 50.2 Å². The Balaban J connectivity index is 0.00000182. The molecular formula is C18H22Cl2N4O. The van der Waals surface area contributed by atoms with E-state index in [-0.39, 0.29) is 18.3 Å². The van der Waals surface area contributed by atoms with Gasteiger partial charge in [0.2, 0.25) is 0 Å². The van der Waals surface area contributed by atoms with Crippen molar-refractivity contribution in [2.24, 2.45) is 0 Å². The van der Waals surface area contributed by atoms with Crippen LogP contribution in [0.5, 0.6) is 0 Å². The highest BCUT2D eigenvalue weighted by Gasteiger charge is 2.25. The van der Waals surface area contributed by atoms with E-state index >= 15 is 0 Å². The molecule has 4 rings (SSSR count). The van der Waals surface area contributed by atoms with E-state index in [1.54, 1.807) is 0 Å². The molecule has 1 N–H and O–H groups in total. The third-order valence-corrected chi connectivity index (χ3v) is 5.32. The third-order valence-electron chi connectivity index (χ3n) is 4.97. The van der Waals surface area contributed by atoms with Crippen LogP contribution >= 0.6 is 24.0 Å². The Labute approximate surface area is 158 Å². The van der Waals surface area contributed by atoms with Crippen molar-refractivity contribution in [1.29, 1.82) is 0 Å². The van der Waals surface area contributed by atoms with Gasteiger partial charge in [-0.1, -0.05) is 23.7 Å². The average Bonchev–Trinajstić information content (AvgIpc) is 3.12. The van der Waals surface area contributed by atoms with Crippen molar-refractivity contribution in [2.45, 2.75) is 31.8 Å². The van der Waals surface area contributed by atoms with Crippen LogP contribution in [0.15, 0.2) is 30.5 Å². The first-order valence-electron chi connectivity index (χ1n) is 8.54. The maximum Gasteiger partial charge on any atom is 0.274 e. The lowest BCUT2D eigenvalue weighted by Crippen LogP contribution is -2.36. The quantitative estimate of drug-likeness (QED) is 0.870. The fourth-order valence-corrected chi connectivity index (χ4v) is 3.90. The van der Waals surface area contributed by atoms with Crippen molar-refractivity contribution >= 4 is 29.9 Å². The molecule has 2 aliphatic rings. The Hall–Kier alpha value is -1.56. The Morgan fingerprint density at radius 2 is 2.20 bits per heavy atom. The van der Waals surface area contributed by atoms with Gasteiger partial charge in [-0.15, -0.1) is 12.4 Å². The summed E-state index contributed by atoms with van der Waals surface area (Å²) in [6.45, 7) is 3.28. The Morgan fingerprint density at radius 1 is 1.32 bits per heavy atom. The zero-order valence-corrected chi connectivity index (χ0v) is 15.5. The lowest BCUT2D eigenvalue weighted by Gasteiger charge is -2.29. The van der Waals surface area contributed by atoms with Crippen LogP contribution in [-0.2, 0) is 13.0 Å². The van der Waals surface area contributed by atoms with E-state index in [1.807, 2.05) is 40.0 Å². The number of amides is 1. The smallest absolute Gasteiger partial charge is 0.274 e. The van der Waals surface area contributed by atoms with Gasteiger partial charge in [0, 0.05) is 30.9 Å². The molecule has 2 aliphatic heterocycles. The highest BCUT2D eigenvalue weighted by molar-refractivity contribution is 6.31. The van der Waals surface area contributed by atoms with Crippen LogP contribution in [0.2, 0.25) is 5.02 Å². The molecule has 1 atom stereocenters. The van der Waals surface area contributed by atoms with E-state index in [2.05, 4.69) is 10.4 Å². The highest BCUT2D eigenvalue weighted by Crippen LogP contribution is 2.26. The number of nitrogens with one attached hydrogen (secondary N) is 1. The molecule has 1 amide bonds. The molecule has 3 heterocycles. The molecule has 134 valence electrons. The van der Waals surface area contributed by atoms with Crippen molar-refractivity contribution < 1.29 is 4.79 Å². The molecular weight excluding hydrogens is 359 g/mol. The molecule has 1 saturated heterocycles. The summed E-state index contributed by atoms with van der Waals surface area (Å²) in [5.74, 6) is 0.00291. The average molecular weight is 381 g/mol. The van der Waals surface area contributed by atoms with Gasteiger partial charge in [-0.2, -0.15) is 5.10 Å². The lowest BCUT2D eigenvalue weighted by atomic mass is 9.99. The van der Waals surface area contributed by atoms with Crippen LogP contribution in [0, 0.1) is 0 Å². The number of carbonyl (C=O) groups is 1. The molecule has 1 unspecified atom stereocenters. The minimum atomic E-state index is 0. The van der Waals surface area contributed by atoms with Gasteiger partial charge in [-0.25, -0.2) is 0 Å². The van der Waals surface area contributed by atoms with E-state index in [0.29, 0.717) is 24.8 Å². The Morgan fingerprint density at radius 3 is 3.00 bits per heavy atom. The second-order valence-corrected chi connectivity index (χ2v) is 6.94. The minimum Gasteiger partial charge on any atom is -0.333 e. The van der Waals surface area contributed by atoms with Gasteiger partial charge in [-0.3, -0.25) is 9.48 Å². The van der Waals surface area contributed by atoms with Crippen molar-refractivity contribution in [2.75, 3.05) is 19.6 Å².